The summed E-state index contributed by atoms with van der Waals surface area (Å²) in [7, 11) is 1.38. The maximum absolute atomic E-state index is 13.5. The Bertz CT molecular complexity index is 1420. The Kier molecular flexibility index (Phi) is 9.84. The van der Waals surface area contributed by atoms with Crippen LogP contribution in [-0.2, 0) is 22.6 Å². The molecule has 4 aromatic rings. The summed E-state index contributed by atoms with van der Waals surface area (Å²) in [5.41, 5.74) is 4.92. The van der Waals surface area contributed by atoms with Crippen LogP contribution >= 0.6 is 0 Å². The number of ether oxygens (including phenoxy) is 1. The van der Waals surface area contributed by atoms with Gasteiger partial charge in [-0.25, -0.2) is 9.78 Å². The van der Waals surface area contributed by atoms with Gasteiger partial charge < -0.3 is 14.6 Å². The van der Waals surface area contributed by atoms with Crippen molar-refractivity contribution in [2.75, 3.05) is 7.11 Å². The number of fused-ring (bicyclic) bond motifs is 1. The molecule has 6 heteroatoms. The Balaban J connectivity index is 1.22. The number of rotatable bonds is 11. The molecule has 0 bridgehead atoms. The first-order valence-corrected chi connectivity index (χ1v) is 15.1. The van der Waals surface area contributed by atoms with Crippen LogP contribution < -0.4 is 5.32 Å². The van der Waals surface area contributed by atoms with Gasteiger partial charge in [0.2, 0.25) is 5.91 Å². The van der Waals surface area contributed by atoms with E-state index in [9.17, 15) is 9.59 Å². The molecule has 2 aromatic heterocycles. The fraction of sp³-hybridized carbons (Fsp3) is 0.400. The van der Waals surface area contributed by atoms with Crippen molar-refractivity contribution in [1.29, 1.82) is 0 Å². The zero-order valence-electron chi connectivity index (χ0n) is 24.1. The standard InChI is InChI=1S/C35H41N3O3/c1-41-35(40)29-20-18-26(19-21-29)24-37-34(39)30(27-12-5-2-3-6-13-27)16-9-10-23-38-25-32(28-14-7-4-8-15-28)31-17-11-22-36-33(31)38/h4,7-8,11,14-15,17-22,25,27,30H,2-3,5-6,9-10,12-13,16,23-24H2,1H3,(H,37,39). The molecule has 0 saturated heterocycles. The zero-order valence-corrected chi connectivity index (χ0v) is 24.1. The lowest BCUT2D eigenvalue weighted by Crippen LogP contribution is -2.35. The molecule has 2 heterocycles. The predicted molar refractivity (Wildman–Crippen MR) is 163 cm³/mol. The minimum absolute atomic E-state index is 0.0295. The van der Waals surface area contributed by atoms with Crippen LogP contribution in [0, 0.1) is 11.8 Å². The fourth-order valence-corrected chi connectivity index (χ4v) is 6.28. The molecule has 2 aromatic carbocycles. The van der Waals surface area contributed by atoms with E-state index in [0.29, 0.717) is 18.0 Å². The molecule has 41 heavy (non-hydrogen) atoms. The second-order valence-corrected chi connectivity index (χ2v) is 11.2. The number of benzene rings is 2. The number of hydrogen-bond acceptors (Lipinski definition) is 4. The van der Waals surface area contributed by atoms with Gasteiger partial charge >= 0.3 is 5.97 Å². The molecule has 1 unspecified atom stereocenters. The van der Waals surface area contributed by atoms with Crippen molar-refractivity contribution in [2.45, 2.75) is 70.9 Å². The molecule has 1 fully saturated rings. The molecule has 1 N–H and O–H groups in total. The summed E-state index contributed by atoms with van der Waals surface area (Å²) < 4.78 is 7.06. The highest BCUT2D eigenvalue weighted by Crippen LogP contribution is 2.33. The van der Waals surface area contributed by atoms with Crippen LogP contribution in [0.25, 0.3) is 22.2 Å². The summed E-state index contributed by atoms with van der Waals surface area (Å²) >= 11 is 0. The normalized spacial score (nSPS) is 14.9. The van der Waals surface area contributed by atoms with Crippen molar-refractivity contribution in [3.8, 4) is 11.1 Å². The third-order valence-corrected chi connectivity index (χ3v) is 8.53. The zero-order chi connectivity index (χ0) is 28.4. The van der Waals surface area contributed by atoms with Gasteiger partial charge in [-0.2, -0.15) is 0 Å². The first-order valence-electron chi connectivity index (χ1n) is 15.1. The molecule has 214 valence electrons. The molecule has 1 aliphatic rings. The van der Waals surface area contributed by atoms with Gasteiger partial charge in [0, 0.05) is 42.4 Å². The van der Waals surface area contributed by atoms with E-state index in [0.717, 1.165) is 49.9 Å². The first kappa shape index (κ1) is 28.6. The smallest absolute Gasteiger partial charge is 0.337 e. The lowest BCUT2D eigenvalue weighted by atomic mass is 9.82. The molecule has 1 saturated carbocycles. The number of pyridine rings is 1. The largest absolute Gasteiger partial charge is 0.465 e. The van der Waals surface area contributed by atoms with E-state index in [1.54, 1.807) is 12.1 Å². The Hall–Kier alpha value is -3.93. The van der Waals surface area contributed by atoms with Crippen LogP contribution in [0.1, 0.15) is 73.7 Å². The van der Waals surface area contributed by atoms with Gasteiger partial charge in [0.05, 0.1) is 12.7 Å². The highest BCUT2D eigenvalue weighted by Gasteiger charge is 2.28. The number of esters is 1. The molecule has 0 radical (unpaired) electrons. The third kappa shape index (κ3) is 7.24. The number of nitrogens with zero attached hydrogens (tertiary/aromatic N) is 2. The lowest BCUT2D eigenvalue weighted by Gasteiger charge is -2.25. The monoisotopic (exact) mass is 551 g/mol. The van der Waals surface area contributed by atoms with Gasteiger partial charge in [0.25, 0.3) is 0 Å². The van der Waals surface area contributed by atoms with Crippen molar-refractivity contribution >= 4 is 22.9 Å². The quantitative estimate of drug-likeness (QED) is 0.119. The summed E-state index contributed by atoms with van der Waals surface area (Å²) in [5, 5.41) is 4.39. The summed E-state index contributed by atoms with van der Waals surface area (Å²) in [4.78, 5) is 30.0. The molecule has 0 aliphatic heterocycles. The summed E-state index contributed by atoms with van der Waals surface area (Å²) in [6.07, 6.45) is 14.2. The van der Waals surface area contributed by atoms with Crippen LogP contribution in [-0.4, -0.2) is 28.5 Å². The Labute approximate surface area is 243 Å². The molecule has 6 nitrogen and oxygen atoms in total. The number of aryl methyl sites for hydroxylation is 1. The number of carbonyl (C=O) groups is 2. The maximum atomic E-state index is 13.5. The van der Waals surface area contributed by atoms with Gasteiger partial charge in [-0.05, 0) is 67.0 Å². The van der Waals surface area contributed by atoms with E-state index in [-0.39, 0.29) is 17.8 Å². The molecule has 1 aliphatic carbocycles. The number of methoxy groups -OCH3 is 1. The summed E-state index contributed by atoms with van der Waals surface area (Å²) in [5.74, 6) is 0.280. The van der Waals surface area contributed by atoms with E-state index in [1.165, 1.54) is 49.3 Å². The summed E-state index contributed by atoms with van der Waals surface area (Å²) in [6, 6.07) is 21.9. The van der Waals surface area contributed by atoms with E-state index in [2.05, 4.69) is 46.4 Å². The fourth-order valence-electron chi connectivity index (χ4n) is 6.28. The number of hydrogen-bond donors (Lipinski definition) is 1. The van der Waals surface area contributed by atoms with Gasteiger partial charge in [0.15, 0.2) is 0 Å². The Morgan fingerprint density at radius 2 is 1.71 bits per heavy atom. The molecule has 1 atom stereocenters. The molecule has 5 rings (SSSR count). The van der Waals surface area contributed by atoms with E-state index in [1.807, 2.05) is 30.5 Å². The van der Waals surface area contributed by atoms with Crippen LogP contribution in [0.3, 0.4) is 0 Å². The van der Waals surface area contributed by atoms with Gasteiger partial charge in [-0.1, -0.05) is 74.6 Å². The van der Waals surface area contributed by atoms with Crippen LogP contribution in [0.15, 0.2) is 79.1 Å². The van der Waals surface area contributed by atoms with E-state index >= 15 is 0 Å². The minimum atomic E-state index is -0.353. The Morgan fingerprint density at radius 3 is 2.44 bits per heavy atom. The number of carbonyl (C=O) groups excluding carboxylic acids is 2. The molecular weight excluding hydrogens is 510 g/mol. The van der Waals surface area contributed by atoms with Crippen LogP contribution in [0.2, 0.25) is 0 Å². The van der Waals surface area contributed by atoms with E-state index in [4.69, 9.17) is 9.72 Å². The number of aromatic nitrogens is 2. The number of amides is 1. The lowest BCUT2D eigenvalue weighted by molar-refractivity contribution is -0.127. The Morgan fingerprint density at radius 1 is 0.951 bits per heavy atom. The van der Waals surface area contributed by atoms with Crippen molar-refractivity contribution in [3.05, 3.63) is 90.3 Å². The van der Waals surface area contributed by atoms with Gasteiger partial charge in [-0.3, -0.25) is 4.79 Å². The average Bonchev–Trinajstić information content (AvgIpc) is 3.18. The SMILES string of the molecule is COC(=O)c1ccc(CNC(=O)C(CCCCn2cc(-c3ccccc3)c3cccnc32)C2CCCCCC2)cc1. The molecular formula is C35H41N3O3. The topological polar surface area (TPSA) is 73.2 Å². The second-order valence-electron chi connectivity index (χ2n) is 11.2. The van der Waals surface area contributed by atoms with Crippen molar-refractivity contribution in [3.63, 3.8) is 0 Å². The molecule has 1 amide bonds. The minimum Gasteiger partial charge on any atom is -0.465 e. The maximum Gasteiger partial charge on any atom is 0.337 e. The number of unbranched alkanes of at least 4 members (excludes halogenated alkanes) is 1. The van der Waals surface area contributed by atoms with Crippen molar-refractivity contribution < 1.29 is 14.3 Å². The average molecular weight is 552 g/mol. The van der Waals surface area contributed by atoms with Crippen molar-refractivity contribution in [2.24, 2.45) is 11.8 Å². The van der Waals surface area contributed by atoms with Gasteiger partial charge in [0.1, 0.15) is 5.65 Å². The second kappa shape index (κ2) is 14.1. The van der Waals surface area contributed by atoms with Crippen molar-refractivity contribution in [1.82, 2.24) is 14.9 Å². The number of nitrogens with one attached hydrogen (secondary N) is 1. The highest BCUT2D eigenvalue weighted by atomic mass is 16.5. The van der Waals surface area contributed by atoms with Crippen LogP contribution in [0.4, 0.5) is 0 Å². The predicted octanol–water partition coefficient (Wildman–Crippen LogP) is 7.56. The first-order chi connectivity index (χ1) is 20.1. The highest BCUT2D eigenvalue weighted by molar-refractivity contribution is 5.94. The summed E-state index contributed by atoms with van der Waals surface area (Å²) in [6.45, 7) is 1.35. The van der Waals surface area contributed by atoms with E-state index < -0.39 is 0 Å². The molecule has 0 spiro atoms. The van der Waals surface area contributed by atoms with Crippen LogP contribution in [0.5, 0.6) is 0 Å². The van der Waals surface area contributed by atoms with Gasteiger partial charge in [-0.15, -0.1) is 0 Å². The third-order valence-electron chi connectivity index (χ3n) is 8.53.